The topological polar surface area (TPSA) is 53.8 Å². The van der Waals surface area contributed by atoms with Crippen molar-refractivity contribution in [3.05, 3.63) is 23.4 Å². The third-order valence-electron chi connectivity index (χ3n) is 1.54. The molecule has 1 atom stereocenters. The van der Waals surface area contributed by atoms with Crippen LogP contribution in [0, 0.1) is 18.6 Å². The van der Waals surface area contributed by atoms with E-state index in [1.165, 1.54) is 6.26 Å². The molecule has 0 fully saturated rings. The molecule has 12 heavy (non-hydrogen) atoms. The number of rotatable bonds is 1. The zero-order valence-electron chi connectivity index (χ0n) is 7.42. The summed E-state index contributed by atoms with van der Waals surface area (Å²) in [7, 11) is -2.66. The molecule has 1 heterocycles. The Kier molecular flexibility index (Phi) is 2.19. The Bertz CT molecular complexity index is 396. The number of hydrogen-bond acceptors (Lipinski definition) is 3. The van der Waals surface area contributed by atoms with E-state index in [9.17, 15) is 4.21 Å². The Morgan fingerprint density at radius 3 is 2.50 bits per heavy atom. The first-order chi connectivity index (χ1) is 5.41. The number of hydrogen-bond donors (Lipinski definition) is 1. The van der Waals surface area contributed by atoms with E-state index in [2.05, 4.69) is 4.98 Å². The number of nitrogens with one attached hydrogen (secondary N) is 1. The second-order valence-electron chi connectivity index (χ2n) is 2.98. The van der Waals surface area contributed by atoms with Crippen LogP contribution in [-0.4, -0.2) is 15.4 Å². The molecule has 66 valence electrons. The molecule has 0 aliphatic carbocycles. The molecule has 0 aliphatic rings. The summed E-state index contributed by atoms with van der Waals surface area (Å²) < 4.78 is 18.7. The van der Waals surface area contributed by atoms with Crippen LogP contribution < -0.4 is 0 Å². The van der Waals surface area contributed by atoms with E-state index >= 15 is 0 Å². The monoisotopic (exact) mass is 184 g/mol. The Hall–Kier alpha value is -0.900. The van der Waals surface area contributed by atoms with Gasteiger partial charge in [-0.3, -0.25) is 0 Å². The van der Waals surface area contributed by atoms with Crippen LogP contribution in [0.1, 0.15) is 11.1 Å². The van der Waals surface area contributed by atoms with Crippen LogP contribution in [0.2, 0.25) is 0 Å². The van der Waals surface area contributed by atoms with Crippen LogP contribution in [0.5, 0.6) is 0 Å². The van der Waals surface area contributed by atoms with Gasteiger partial charge in [0, 0.05) is 12.5 Å². The van der Waals surface area contributed by atoms with E-state index in [1.54, 1.807) is 6.20 Å². The van der Waals surface area contributed by atoms with E-state index in [1.807, 2.05) is 19.9 Å². The minimum absolute atomic E-state index is 0.396. The Balaban J connectivity index is 3.39. The predicted octanol–water partition coefficient (Wildman–Crippen LogP) is 1.73. The van der Waals surface area contributed by atoms with E-state index < -0.39 is 9.73 Å². The zero-order valence-corrected chi connectivity index (χ0v) is 8.23. The molecule has 0 bridgehead atoms. The predicted molar refractivity (Wildman–Crippen MR) is 48.8 cm³/mol. The molecule has 1 N–H and O–H groups in total. The summed E-state index contributed by atoms with van der Waals surface area (Å²) in [4.78, 5) is 3.99. The lowest BCUT2D eigenvalue weighted by atomic mass is 10.2. The lowest BCUT2D eigenvalue weighted by Gasteiger charge is -2.04. The normalized spacial score (nSPS) is 15.6. The highest BCUT2D eigenvalue weighted by molar-refractivity contribution is 7.91. The molecule has 0 aromatic carbocycles. The second kappa shape index (κ2) is 2.86. The van der Waals surface area contributed by atoms with E-state index in [4.69, 9.17) is 4.78 Å². The van der Waals surface area contributed by atoms with Gasteiger partial charge in [0.25, 0.3) is 0 Å². The van der Waals surface area contributed by atoms with Crippen molar-refractivity contribution in [2.75, 3.05) is 6.26 Å². The van der Waals surface area contributed by atoms with Crippen molar-refractivity contribution in [3.8, 4) is 0 Å². The molecule has 3 nitrogen and oxygen atoms in total. The highest BCUT2D eigenvalue weighted by Crippen LogP contribution is 2.12. The average molecular weight is 184 g/mol. The molecule has 4 heteroatoms. The second-order valence-corrected chi connectivity index (χ2v) is 5.05. The fourth-order valence-electron chi connectivity index (χ4n) is 1.11. The van der Waals surface area contributed by atoms with Crippen LogP contribution in [0.4, 0.5) is 0 Å². The molecule has 0 radical (unpaired) electrons. The SMILES string of the molecule is Cc1cnc(S(C)(=N)=O)c(C)c1. The summed E-state index contributed by atoms with van der Waals surface area (Å²) in [6.45, 7) is 3.75. The Morgan fingerprint density at radius 1 is 1.50 bits per heavy atom. The molecule has 1 aromatic rings. The number of nitrogens with zero attached hydrogens (tertiary/aromatic N) is 1. The Morgan fingerprint density at radius 2 is 2.08 bits per heavy atom. The maximum absolute atomic E-state index is 11.3. The third kappa shape index (κ3) is 1.82. The first-order valence-electron chi connectivity index (χ1n) is 3.58. The average Bonchev–Trinajstić information content (AvgIpc) is 1.83. The molecule has 1 rings (SSSR count). The van der Waals surface area contributed by atoms with Crippen LogP contribution in [0.15, 0.2) is 17.3 Å². The van der Waals surface area contributed by atoms with Gasteiger partial charge in [0.1, 0.15) is 5.03 Å². The van der Waals surface area contributed by atoms with Crippen molar-refractivity contribution < 1.29 is 4.21 Å². The molecule has 0 aliphatic heterocycles. The van der Waals surface area contributed by atoms with Crippen LogP contribution in [0.25, 0.3) is 0 Å². The highest BCUT2D eigenvalue weighted by atomic mass is 32.2. The fraction of sp³-hybridized carbons (Fsp3) is 0.375. The van der Waals surface area contributed by atoms with Crippen LogP contribution >= 0.6 is 0 Å². The van der Waals surface area contributed by atoms with Crippen molar-refractivity contribution in [1.82, 2.24) is 4.98 Å². The standard InChI is InChI=1S/C8H12N2OS/c1-6-4-7(2)8(10-5-6)12(3,9)11/h4-5,9H,1-3H3. The van der Waals surface area contributed by atoms with Gasteiger partial charge in [-0.15, -0.1) is 0 Å². The van der Waals surface area contributed by atoms with Crippen LogP contribution in [0.3, 0.4) is 0 Å². The molecule has 1 aromatic heterocycles. The maximum atomic E-state index is 11.3. The van der Waals surface area contributed by atoms with Crippen molar-refractivity contribution in [2.45, 2.75) is 18.9 Å². The molecular weight excluding hydrogens is 172 g/mol. The Labute approximate surface area is 72.8 Å². The van der Waals surface area contributed by atoms with Gasteiger partial charge in [-0.25, -0.2) is 14.0 Å². The first kappa shape index (κ1) is 9.19. The lowest BCUT2D eigenvalue weighted by molar-refractivity contribution is 0.675. The number of pyridine rings is 1. The summed E-state index contributed by atoms with van der Waals surface area (Å²) >= 11 is 0. The lowest BCUT2D eigenvalue weighted by Crippen LogP contribution is -2.01. The fourth-order valence-corrected chi connectivity index (χ4v) is 2.04. The van der Waals surface area contributed by atoms with Crippen molar-refractivity contribution in [3.63, 3.8) is 0 Å². The van der Waals surface area contributed by atoms with E-state index in [0.717, 1.165) is 11.1 Å². The van der Waals surface area contributed by atoms with Crippen LogP contribution in [-0.2, 0) is 9.73 Å². The van der Waals surface area contributed by atoms with Gasteiger partial charge >= 0.3 is 0 Å². The minimum Gasteiger partial charge on any atom is -0.248 e. The minimum atomic E-state index is -2.66. The van der Waals surface area contributed by atoms with E-state index in [-0.39, 0.29) is 0 Å². The van der Waals surface area contributed by atoms with Crippen molar-refractivity contribution in [1.29, 1.82) is 4.78 Å². The molecule has 0 saturated carbocycles. The number of aromatic nitrogens is 1. The zero-order chi connectivity index (χ0) is 9.35. The molecule has 0 saturated heterocycles. The summed E-state index contributed by atoms with van der Waals surface area (Å²) in [5, 5.41) is 0.396. The molecular formula is C8H12N2OS. The summed E-state index contributed by atoms with van der Waals surface area (Å²) in [6, 6.07) is 1.89. The van der Waals surface area contributed by atoms with Crippen molar-refractivity contribution in [2.24, 2.45) is 0 Å². The van der Waals surface area contributed by atoms with E-state index in [0.29, 0.717) is 5.03 Å². The van der Waals surface area contributed by atoms with Gasteiger partial charge < -0.3 is 0 Å². The highest BCUT2D eigenvalue weighted by Gasteiger charge is 2.07. The van der Waals surface area contributed by atoms with Gasteiger partial charge in [-0.1, -0.05) is 6.07 Å². The molecule has 0 amide bonds. The largest absolute Gasteiger partial charge is 0.248 e. The van der Waals surface area contributed by atoms with Crippen molar-refractivity contribution >= 4 is 9.73 Å². The summed E-state index contributed by atoms with van der Waals surface area (Å²) in [5.41, 5.74) is 1.86. The smallest absolute Gasteiger partial charge is 0.138 e. The quantitative estimate of drug-likeness (QED) is 0.722. The van der Waals surface area contributed by atoms with Gasteiger partial charge in [0.05, 0.1) is 9.73 Å². The van der Waals surface area contributed by atoms with Gasteiger partial charge in [-0.05, 0) is 25.0 Å². The van der Waals surface area contributed by atoms with Gasteiger partial charge in [0.15, 0.2) is 0 Å². The van der Waals surface area contributed by atoms with Gasteiger partial charge in [0.2, 0.25) is 0 Å². The number of aryl methyl sites for hydroxylation is 2. The summed E-state index contributed by atoms with van der Waals surface area (Å²) in [6.07, 6.45) is 3.03. The van der Waals surface area contributed by atoms with Gasteiger partial charge in [-0.2, -0.15) is 0 Å². The first-order valence-corrected chi connectivity index (χ1v) is 5.55. The maximum Gasteiger partial charge on any atom is 0.138 e. The summed E-state index contributed by atoms with van der Waals surface area (Å²) in [5.74, 6) is 0. The molecule has 1 unspecified atom stereocenters. The molecule has 0 spiro atoms. The third-order valence-corrected chi connectivity index (χ3v) is 2.70.